The number of unbranched alkanes of at least 4 members (excludes halogenated alkanes) is 1. The van der Waals surface area contributed by atoms with Gasteiger partial charge >= 0.3 is 0 Å². The minimum Gasteiger partial charge on any atom is -0.494 e. The molecule has 1 amide bonds. The lowest BCUT2D eigenvalue weighted by Crippen LogP contribution is -2.25. The number of nitrogens with one attached hydrogen (secondary N) is 1. The third-order valence-corrected chi connectivity index (χ3v) is 4.16. The molecular formula is C21H25NO3. The first-order chi connectivity index (χ1) is 12.3. The molecule has 4 heteroatoms. The summed E-state index contributed by atoms with van der Waals surface area (Å²) >= 11 is 0. The summed E-state index contributed by atoms with van der Waals surface area (Å²) in [5, 5.41) is 2.97. The predicted molar refractivity (Wildman–Crippen MR) is 97.7 cm³/mol. The SMILES string of the molecule is O=C(NCCCCOc1ccc(OCc2ccccc2)cc1)C1CC1. The van der Waals surface area contributed by atoms with Gasteiger partial charge in [0.15, 0.2) is 0 Å². The molecule has 25 heavy (non-hydrogen) atoms. The standard InChI is InChI=1S/C21H25NO3/c23-21(18-8-9-18)22-14-4-5-15-24-19-10-12-20(13-11-19)25-16-17-6-2-1-3-7-17/h1-3,6-7,10-13,18H,4-5,8-9,14-16H2,(H,22,23). The van der Waals surface area contributed by atoms with E-state index >= 15 is 0 Å². The van der Waals surface area contributed by atoms with Gasteiger partial charge in [0, 0.05) is 12.5 Å². The zero-order valence-corrected chi connectivity index (χ0v) is 14.4. The van der Waals surface area contributed by atoms with E-state index in [1.165, 1.54) is 0 Å². The third-order valence-electron chi connectivity index (χ3n) is 4.16. The Kier molecular flexibility index (Phi) is 6.32. The van der Waals surface area contributed by atoms with Gasteiger partial charge in [0.25, 0.3) is 0 Å². The van der Waals surface area contributed by atoms with Gasteiger partial charge in [-0.25, -0.2) is 0 Å². The molecule has 1 aliphatic rings. The molecule has 0 saturated heterocycles. The van der Waals surface area contributed by atoms with Crippen molar-refractivity contribution in [3.05, 3.63) is 60.2 Å². The fourth-order valence-corrected chi connectivity index (χ4v) is 2.49. The Hall–Kier alpha value is -2.49. The topological polar surface area (TPSA) is 47.6 Å². The van der Waals surface area contributed by atoms with Gasteiger partial charge < -0.3 is 14.8 Å². The van der Waals surface area contributed by atoms with Gasteiger partial charge in [-0.3, -0.25) is 4.79 Å². The zero-order valence-electron chi connectivity index (χ0n) is 14.4. The largest absolute Gasteiger partial charge is 0.494 e. The molecule has 4 nitrogen and oxygen atoms in total. The normalized spacial score (nSPS) is 13.3. The second kappa shape index (κ2) is 9.11. The lowest BCUT2D eigenvalue weighted by molar-refractivity contribution is -0.122. The Morgan fingerprint density at radius 3 is 2.28 bits per heavy atom. The highest BCUT2D eigenvalue weighted by Crippen LogP contribution is 2.28. The minimum absolute atomic E-state index is 0.215. The van der Waals surface area contributed by atoms with E-state index in [0.717, 1.165) is 49.3 Å². The maximum atomic E-state index is 11.5. The van der Waals surface area contributed by atoms with Crippen molar-refractivity contribution in [2.24, 2.45) is 5.92 Å². The first-order valence-corrected chi connectivity index (χ1v) is 8.98. The summed E-state index contributed by atoms with van der Waals surface area (Å²) in [7, 11) is 0. The summed E-state index contributed by atoms with van der Waals surface area (Å²) in [5.74, 6) is 2.18. The van der Waals surface area contributed by atoms with Crippen LogP contribution >= 0.6 is 0 Å². The summed E-state index contributed by atoms with van der Waals surface area (Å²) < 4.78 is 11.5. The van der Waals surface area contributed by atoms with Crippen LogP contribution < -0.4 is 14.8 Å². The van der Waals surface area contributed by atoms with Gasteiger partial charge in [0.2, 0.25) is 5.91 Å². The van der Waals surface area contributed by atoms with Crippen molar-refractivity contribution >= 4 is 5.91 Å². The average molecular weight is 339 g/mol. The highest BCUT2D eigenvalue weighted by atomic mass is 16.5. The number of ether oxygens (including phenoxy) is 2. The Labute approximate surface area is 149 Å². The number of hydrogen-bond donors (Lipinski definition) is 1. The van der Waals surface area contributed by atoms with Crippen LogP contribution in [0.4, 0.5) is 0 Å². The van der Waals surface area contributed by atoms with E-state index in [0.29, 0.717) is 19.1 Å². The Morgan fingerprint density at radius 2 is 1.60 bits per heavy atom. The third kappa shape index (κ3) is 6.14. The lowest BCUT2D eigenvalue weighted by Gasteiger charge is -2.09. The number of carbonyl (C=O) groups excluding carboxylic acids is 1. The van der Waals surface area contributed by atoms with Gasteiger partial charge in [-0.1, -0.05) is 30.3 Å². The molecule has 0 radical (unpaired) electrons. The van der Waals surface area contributed by atoms with Crippen LogP contribution in [0.3, 0.4) is 0 Å². The summed E-state index contributed by atoms with van der Waals surface area (Å²) in [6.07, 6.45) is 3.98. The number of amides is 1. The maximum absolute atomic E-state index is 11.5. The van der Waals surface area contributed by atoms with E-state index in [9.17, 15) is 4.79 Å². The summed E-state index contributed by atoms with van der Waals surface area (Å²) in [4.78, 5) is 11.5. The first kappa shape index (κ1) is 17.3. The molecule has 0 aromatic heterocycles. The molecule has 0 atom stereocenters. The number of benzene rings is 2. The molecule has 0 aliphatic heterocycles. The molecule has 1 aliphatic carbocycles. The van der Waals surface area contributed by atoms with E-state index in [2.05, 4.69) is 5.32 Å². The van der Waals surface area contributed by atoms with Crippen molar-refractivity contribution in [2.75, 3.05) is 13.2 Å². The van der Waals surface area contributed by atoms with Crippen molar-refractivity contribution < 1.29 is 14.3 Å². The Morgan fingerprint density at radius 1 is 0.920 bits per heavy atom. The molecule has 0 spiro atoms. The predicted octanol–water partition coefficient (Wildman–Crippen LogP) is 3.95. The maximum Gasteiger partial charge on any atom is 0.223 e. The van der Waals surface area contributed by atoms with Crippen molar-refractivity contribution in [1.29, 1.82) is 0 Å². The lowest BCUT2D eigenvalue weighted by atomic mass is 10.2. The number of carbonyl (C=O) groups is 1. The van der Waals surface area contributed by atoms with Gasteiger partial charge in [-0.15, -0.1) is 0 Å². The van der Waals surface area contributed by atoms with Crippen LogP contribution in [0.2, 0.25) is 0 Å². The van der Waals surface area contributed by atoms with Crippen LogP contribution in [0.25, 0.3) is 0 Å². The van der Waals surface area contributed by atoms with E-state index in [4.69, 9.17) is 9.47 Å². The van der Waals surface area contributed by atoms with E-state index in [1.807, 2.05) is 54.6 Å². The molecule has 1 N–H and O–H groups in total. The zero-order chi connectivity index (χ0) is 17.3. The van der Waals surface area contributed by atoms with Crippen LogP contribution in [0.15, 0.2) is 54.6 Å². The average Bonchev–Trinajstić information content (AvgIpc) is 3.50. The van der Waals surface area contributed by atoms with Crippen molar-refractivity contribution in [1.82, 2.24) is 5.32 Å². The van der Waals surface area contributed by atoms with Crippen LogP contribution in [0.1, 0.15) is 31.2 Å². The van der Waals surface area contributed by atoms with Crippen molar-refractivity contribution in [3.8, 4) is 11.5 Å². The van der Waals surface area contributed by atoms with E-state index < -0.39 is 0 Å². The second-order valence-corrected chi connectivity index (χ2v) is 6.37. The quantitative estimate of drug-likeness (QED) is 0.667. The Bertz CT molecular complexity index is 651. The monoisotopic (exact) mass is 339 g/mol. The van der Waals surface area contributed by atoms with Gasteiger partial charge in [-0.05, 0) is 55.5 Å². The summed E-state index contributed by atoms with van der Waals surface area (Å²) in [5.41, 5.74) is 1.15. The first-order valence-electron chi connectivity index (χ1n) is 8.98. The molecule has 3 rings (SSSR count). The summed E-state index contributed by atoms with van der Waals surface area (Å²) in [6, 6.07) is 17.8. The molecule has 132 valence electrons. The van der Waals surface area contributed by atoms with Crippen LogP contribution in [0, 0.1) is 5.92 Å². The molecule has 2 aromatic rings. The van der Waals surface area contributed by atoms with Crippen LogP contribution in [0.5, 0.6) is 11.5 Å². The smallest absolute Gasteiger partial charge is 0.223 e. The molecule has 0 heterocycles. The van der Waals surface area contributed by atoms with Gasteiger partial charge in [0.1, 0.15) is 18.1 Å². The molecule has 0 bridgehead atoms. The van der Waals surface area contributed by atoms with Crippen LogP contribution in [-0.2, 0) is 11.4 Å². The second-order valence-electron chi connectivity index (χ2n) is 6.37. The van der Waals surface area contributed by atoms with Gasteiger partial charge in [0.05, 0.1) is 6.61 Å². The van der Waals surface area contributed by atoms with Crippen molar-refractivity contribution in [3.63, 3.8) is 0 Å². The molecule has 0 unspecified atom stereocenters. The highest BCUT2D eigenvalue weighted by molar-refractivity contribution is 5.80. The number of hydrogen-bond acceptors (Lipinski definition) is 3. The molecule has 1 fully saturated rings. The fourth-order valence-electron chi connectivity index (χ4n) is 2.49. The Balaban J connectivity index is 1.28. The number of rotatable bonds is 10. The highest BCUT2D eigenvalue weighted by Gasteiger charge is 2.28. The van der Waals surface area contributed by atoms with Crippen molar-refractivity contribution in [2.45, 2.75) is 32.3 Å². The fraction of sp³-hybridized carbons (Fsp3) is 0.381. The molecule has 2 aromatic carbocycles. The summed E-state index contributed by atoms with van der Waals surface area (Å²) in [6.45, 7) is 1.96. The van der Waals surface area contributed by atoms with Gasteiger partial charge in [-0.2, -0.15) is 0 Å². The molecule has 1 saturated carbocycles. The van der Waals surface area contributed by atoms with E-state index in [-0.39, 0.29) is 5.91 Å². The van der Waals surface area contributed by atoms with Crippen LogP contribution in [-0.4, -0.2) is 19.1 Å². The minimum atomic E-state index is 0.215. The van der Waals surface area contributed by atoms with E-state index in [1.54, 1.807) is 0 Å². The molecular weight excluding hydrogens is 314 g/mol.